The van der Waals surface area contributed by atoms with E-state index in [9.17, 15) is 4.79 Å². The summed E-state index contributed by atoms with van der Waals surface area (Å²) in [5.74, 6) is -0.135. The first-order chi connectivity index (χ1) is 7.72. The third-order valence-corrected chi connectivity index (χ3v) is 2.48. The van der Waals surface area contributed by atoms with Crippen LogP contribution >= 0.6 is 0 Å². The van der Waals surface area contributed by atoms with Crippen LogP contribution < -0.4 is 0 Å². The van der Waals surface area contributed by atoms with Crippen molar-refractivity contribution in [3.05, 3.63) is 35.9 Å². The number of benzene rings is 1. The highest BCUT2D eigenvalue weighted by molar-refractivity contribution is 5.69. The minimum absolute atomic E-state index is 0.135. The van der Waals surface area contributed by atoms with Crippen LogP contribution in [-0.2, 0) is 16.1 Å². The van der Waals surface area contributed by atoms with Gasteiger partial charge in [0.2, 0.25) is 0 Å². The zero-order valence-corrected chi connectivity index (χ0v) is 9.98. The molecule has 0 heterocycles. The van der Waals surface area contributed by atoms with Crippen molar-refractivity contribution in [2.45, 2.75) is 20.0 Å². The van der Waals surface area contributed by atoms with Gasteiger partial charge in [-0.3, -0.25) is 4.79 Å². The number of esters is 1. The number of rotatable bonds is 6. The molecule has 1 aromatic rings. The number of hydrogen-bond donors (Lipinski definition) is 0. The Hall–Kier alpha value is -1.35. The summed E-state index contributed by atoms with van der Waals surface area (Å²) in [4.78, 5) is 13.5. The molecule has 0 unspecified atom stereocenters. The van der Waals surface area contributed by atoms with Crippen LogP contribution in [0.1, 0.15) is 18.9 Å². The smallest absolute Gasteiger partial charge is 0.307 e. The predicted octanol–water partition coefficient (Wildman–Crippen LogP) is 2.07. The van der Waals surface area contributed by atoms with E-state index >= 15 is 0 Å². The first-order valence-electron chi connectivity index (χ1n) is 5.60. The van der Waals surface area contributed by atoms with Crippen LogP contribution in [0.2, 0.25) is 0 Å². The Morgan fingerprint density at radius 2 is 2.00 bits per heavy atom. The molecular formula is C13H19NO2. The summed E-state index contributed by atoms with van der Waals surface area (Å²) in [6.07, 6.45) is 0.456. The minimum Gasteiger partial charge on any atom is -0.461 e. The van der Waals surface area contributed by atoms with Crippen LogP contribution in [0.5, 0.6) is 0 Å². The SMILES string of the molecule is CCN(C)CCC(=O)OCc1ccccc1. The van der Waals surface area contributed by atoms with Gasteiger partial charge in [0.1, 0.15) is 6.61 Å². The van der Waals surface area contributed by atoms with E-state index in [-0.39, 0.29) is 5.97 Å². The van der Waals surface area contributed by atoms with Gasteiger partial charge in [0, 0.05) is 6.54 Å². The average Bonchev–Trinajstić information content (AvgIpc) is 2.34. The molecular weight excluding hydrogens is 202 g/mol. The fourth-order valence-corrected chi connectivity index (χ4v) is 1.25. The van der Waals surface area contributed by atoms with E-state index in [1.165, 1.54) is 0 Å². The van der Waals surface area contributed by atoms with E-state index in [0.29, 0.717) is 13.0 Å². The Morgan fingerprint density at radius 1 is 1.31 bits per heavy atom. The molecule has 0 aliphatic rings. The standard InChI is InChI=1S/C13H19NO2/c1-3-14(2)10-9-13(15)16-11-12-7-5-4-6-8-12/h4-8H,3,9-11H2,1-2H3. The first-order valence-corrected chi connectivity index (χ1v) is 5.60. The lowest BCUT2D eigenvalue weighted by Crippen LogP contribution is -2.22. The number of carbonyl (C=O) groups is 1. The molecule has 0 radical (unpaired) electrons. The fourth-order valence-electron chi connectivity index (χ4n) is 1.25. The van der Waals surface area contributed by atoms with Crippen LogP contribution in [0.4, 0.5) is 0 Å². The lowest BCUT2D eigenvalue weighted by molar-refractivity contribution is -0.145. The highest BCUT2D eigenvalue weighted by Gasteiger charge is 2.04. The molecule has 3 nitrogen and oxygen atoms in total. The average molecular weight is 221 g/mol. The van der Waals surface area contributed by atoms with Gasteiger partial charge in [-0.25, -0.2) is 0 Å². The number of ether oxygens (including phenoxy) is 1. The fraction of sp³-hybridized carbons (Fsp3) is 0.462. The molecule has 0 atom stereocenters. The normalized spacial score (nSPS) is 10.4. The van der Waals surface area contributed by atoms with Crippen LogP contribution in [0.3, 0.4) is 0 Å². The Kier molecular flexibility index (Phi) is 5.57. The van der Waals surface area contributed by atoms with E-state index in [1.54, 1.807) is 0 Å². The lowest BCUT2D eigenvalue weighted by atomic mass is 10.2. The van der Waals surface area contributed by atoms with Gasteiger partial charge in [-0.2, -0.15) is 0 Å². The summed E-state index contributed by atoms with van der Waals surface area (Å²) >= 11 is 0. The maximum absolute atomic E-state index is 11.4. The van der Waals surface area contributed by atoms with Crippen molar-refractivity contribution < 1.29 is 9.53 Å². The molecule has 0 saturated carbocycles. The monoisotopic (exact) mass is 221 g/mol. The summed E-state index contributed by atoms with van der Waals surface area (Å²) in [6.45, 7) is 4.14. The van der Waals surface area contributed by atoms with Crippen molar-refractivity contribution in [3.8, 4) is 0 Å². The Labute approximate surface area is 97.0 Å². The molecule has 3 heteroatoms. The molecule has 0 saturated heterocycles. The molecule has 0 fully saturated rings. The summed E-state index contributed by atoms with van der Waals surface area (Å²) in [5, 5.41) is 0. The molecule has 1 aromatic carbocycles. The van der Waals surface area contributed by atoms with E-state index in [1.807, 2.05) is 37.4 Å². The van der Waals surface area contributed by atoms with Gasteiger partial charge < -0.3 is 9.64 Å². The second kappa shape index (κ2) is 7.01. The third kappa shape index (κ3) is 4.94. The number of carbonyl (C=O) groups excluding carboxylic acids is 1. The molecule has 16 heavy (non-hydrogen) atoms. The molecule has 88 valence electrons. The van der Waals surface area contributed by atoms with Crippen molar-refractivity contribution >= 4 is 5.97 Å². The van der Waals surface area contributed by atoms with Crippen LogP contribution in [0.15, 0.2) is 30.3 Å². The summed E-state index contributed by atoms with van der Waals surface area (Å²) in [7, 11) is 1.99. The van der Waals surface area contributed by atoms with Crippen molar-refractivity contribution in [3.63, 3.8) is 0 Å². The van der Waals surface area contributed by atoms with Crippen molar-refractivity contribution in [1.29, 1.82) is 0 Å². The van der Waals surface area contributed by atoms with Crippen molar-refractivity contribution in [2.24, 2.45) is 0 Å². The largest absolute Gasteiger partial charge is 0.461 e. The molecule has 0 bridgehead atoms. The summed E-state index contributed by atoms with van der Waals surface area (Å²) in [5.41, 5.74) is 1.03. The van der Waals surface area contributed by atoms with Gasteiger partial charge in [-0.1, -0.05) is 37.3 Å². The van der Waals surface area contributed by atoms with E-state index in [0.717, 1.165) is 18.7 Å². The Bertz CT molecular complexity index is 311. The maximum Gasteiger partial charge on any atom is 0.307 e. The summed E-state index contributed by atoms with van der Waals surface area (Å²) < 4.78 is 5.16. The molecule has 0 N–H and O–H groups in total. The van der Waals surface area contributed by atoms with Crippen LogP contribution in [0.25, 0.3) is 0 Å². The molecule has 0 aromatic heterocycles. The zero-order valence-electron chi connectivity index (χ0n) is 9.98. The number of nitrogens with zero attached hydrogens (tertiary/aromatic N) is 1. The second-order valence-electron chi connectivity index (χ2n) is 3.79. The second-order valence-corrected chi connectivity index (χ2v) is 3.79. The minimum atomic E-state index is -0.135. The van der Waals surface area contributed by atoms with Gasteiger partial charge in [0.25, 0.3) is 0 Å². The molecule has 1 rings (SSSR count). The van der Waals surface area contributed by atoms with Crippen molar-refractivity contribution in [2.75, 3.05) is 20.1 Å². The molecule has 0 amide bonds. The highest BCUT2D eigenvalue weighted by Crippen LogP contribution is 2.01. The number of hydrogen-bond acceptors (Lipinski definition) is 3. The first kappa shape index (κ1) is 12.7. The van der Waals surface area contributed by atoms with Crippen LogP contribution in [0, 0.1) is 0 Å². The Morgan fingerprint density at radius 3 is 2.62 bits per heavy atom. The van der Waals surface area contributed by atoms with Crippen LogP contribution in [-0.4, -0.2) is 31.0 Å². The molecule has 0 aliphatic carbocycles. The highest BCUT2D eigenvalue weighted by atomic mass is 16.5. The van der Waals surface area contributed by atoms with Gasteiger partial charge in [0.15, 0.2) is 0 Å². The van der Waals surface area contributed by atoms with Gasteiger partial charge in [-0.05, 0) is 19.2 Å². The van der Waals surface area contributed by atoms with E-state index in [2.05, 4.69) is 11.8 Å². The Balaban J connectivity index is 2.20. The lowest BCUT2D eigenvalue weighted by Gasteiger charge is -2.12. The predicted molar refractivity (Wildman–Crippen MR) is 64.0 cm³/mol. The third-order valence-electron chi connectivity index (χ3n) is 2.48. The van der Waals surface area contributed by atoms with Gasteiger partial charge >= 0.3 is 5.97 Å². The summed E-state index contributed by atoms with van der Waals surface area (Å²) in [6, 6.07) is 9.72. The molecule has 0 spiro atoms. The zero-order chi connectivity index (χ0) is 11.8. The van der Waals surface area contributed by atoms with E-state index < -0.39 is 0 Å². The van der Waals surface area contributed by atoms with Crippen molar-refractivity contribution in [1.82, 2.24) is 4.90 Å². The maximum atomic E-state index is 11.4. The molecule has 0 aliphatic heterocycles. The van der Waals surface area contributed by atoms with Gasteiger partial charge in [-0.15, -0.1) is 0 Å². The van der Waals surface area contributed by atoms with E-state index in [4.69, 9.17) is 4.74 Å². The topological polar surface area (TPSA) is 29.5 Å². The quantitative estimate of drug-likeness (QED) is 0.689. The van der Waals surface area contributed by atoms with Gasteiger partial charge in [0.05, 0.1) is 6.42 Å².